The first-order valence-electron chi connectivity index (χ1n) is 6.44. The molecule has 1 unspecified atom stereocenters. The van der Waals surface area contributed by atoms with Gasteiger partial charge in [-0.15, -0.1) is 11.3 Å². The molecule has 1 aliphatic rings. The molecule has 0 aromatic carbocycles. The van der Waals surface area contributed by atoms with Crippen LogP contribution in [-0.2, 0) is 0 Å². The van der Waals surface area contributed by atoms with Gasteiger partial charge in [0.05, 0.1) is 11.5 Å². The zero-order valence-electron chi connectivity index (χ0n) is 10.7. The smallest absolute Gasteiger partial charge is 0.264 e. The average Bonchev–Trinajstić information content (AvgIpc) is 2.94. The third-order valence-electron chi connectivity index (χ3n) is 3.53. The first-order chi connectivity index (χ1) is 8.76. The predicted molar refractivity (Wildman–Crippen MR) is 73.0 cm³/mol. The van der Waals surface area contributed by atoms with Gasteiger partial charge in [-0.3, -0.25) is 9.69 Å². The highest BCUT2D eigenvalue weighted by Crippen LogP contribution is 2.15. The van der Waals surface area contributed by atoms with Crippen molar-refractivity contribution in [3.63, 3.8) is 0 Å². The van der Waals surface area contributed by atoms with Crippen LogP contribution >= 0.6 is 11.3 Å². The summed E-state index contributed by atoms with van der Waals surface area (Å²) in [5.41, 5.74) is 0. The van der Waals surface area contributed by atoms with Crippen LogP contribution in [0.4, 0.5) is 0 Å². The highest BCUT2D eigenvalue weighted by atomic mass is 32.1. The summed E-state index contributed by atoms with van der Waals surface area (Å²) >= 11 is 1.50. The number of amides is 1. The Labute approximate surface area is 112 Å². The fourth-order valence-electron chi connectivity index (χ4n) is 2.35. The van der Waals surface area contributed by atoms with E-state index in [4.69, 9.17) is 0 Å². The van der Waals surface area contributed by atoms with Crippen LogP contribution in [0.3, 0.4) is 0 Å². The van der Waals surface area contributed by atoms with E-state index in [0.29, 0.717) is 0 Å². The molecule has 1 aliphatic heterocycles. The molecule has 0 aliphatic carbocycles. The van der Waals surface area contributed by atoms with E-state index < -0.39 is 0 Å². The lowest BCUT2D eigenvalue weighted by atomic mass is 10.1. The molecule has 1 atom stereocenters. The summed E-state index contributed by atoms with van der Waals surface area (Å²) in [6, 6.07) is 4.03. The zero-order chi connectivity index (χ0) is 13.0. The van der Waals surface area contributed by atoms with Crippen molar-refractivity contribution in [1.82, 2.24) is 9.80 Å². The van der Waals surface area contributed by atoms with Gasteiger partial charge in [-0.1, -0.05) is 13.0 Å². The van der Waals surface area contributed by atoms with Gasteiger partial charge in [0.2, 0.25) is 0 Å². The summed E-state index contributed by atoms with van der Waals surface area (Å²) in [6.07, 6.45) is 0.954. The first kappa shape index (κ1) is 13.5. The fraction of sp³-hybridized carbons (Fsp3) is 0.615. The van der Waals surface area contributed by atoms with Crippen molar-refractivity contribution in [3.05, 3.63) is 22.4 Å². The Morgan fingerprint density at radius 2 is 2.17 bits per heavy atom. The van der Waals surface area contributed by atoms with Crippen LogP contribution in [0.25, 0.3) is 0 Å². The van der Waals surface area contributed by atoms with Gasteiger partial charge in [0.1, 0.15) is 0 Å². The van der Waals surface area contributed by atoms with Gasteiger partial charge >= 0.3 is 0 Å². The summed E-state index contributed by atoms with van der Waals surface area (Å²) in [6.45, 7) is 5.52. The fourth-order valence-corrected chi connectivity index (χ4v) is 3.04. The standard InChI is InChI=1S/C13H20N2O2S/c1-2-11(10-16)14-5-7-15(8-6-14)13(17)12-4-3-9-18-12/h3-4,9,11,16H,2,5-8,10H2,1H3. The van der Waals surface area contributed by atoms with E-state index >= 15 is 0 Å². The predicted octanol–water partition coefficient (Wildman–Crippen LogP) is 1.28. The average molecular weight is 268 g/mol. The van der Waals surface area contributed by atoms with Crippen molar-refractivity contribution in [2.45, 2.75) is 19.4 Å². The van der Waals surface area contributed by atoms with Crippen LogP contribution in [0.1, 0.15) is 23.0 Å². The quantitative estimate of drug-likeness (QED) is 0.894. The molecule has 100 valence electrons. The molecule has 1 N–H and O–H groups in total. The Bertz CT molecular complexity index is 368. The lowest BCUT2D eigenvalue weighted by Gasteiger charge is -2.38. The van der Waals surface area contributed by atoms with Crippen LogP contribution in [0.2, 0.25) is 0 Å². The first-order valence-corrected chi connectivity index (χ1v) is 7.32. The second-order valence-electron chi connectivity index (χ2n) is 4.55. The van der Waals surface area contributed by atoms with Gasteiger partial charge in [-0.05, 0) is 17.9 Å². The van der Waals surface area contributed by atoms with Crippen molar-refractivity contribution < 1.29 is 9.90 Å². The summed E-state index contributed by atoms with van der Waals surface area (Å²) in [4.78, 5) is 17.1. The Balaban J connectivity index is 1.89. The number of rotatable bonds is 4. The van der Waals surface area contributed by atoms with Gasteiger partial charge in [0, 0.05) is 32.2 Å². The van der Waals surface area contributed by atoms with Crippen molar-refractivity contribution in [3.8, 4) is 0 Å². The molecule has 18 heavy (non-hydrogen) atoms. The molecule has 0 bridgehead atoms. The monoisotopic (exact) mass is 268 g/mol. The summed E-state index contributed by atoms with van der Waals surface area (Å²) in [7, 11) is 0. The van der Waals surface area contributed by atoms with Gasteiger partial charge in [0.25, 0.3) is 5.91 Å². The number of carbonyl (C=O) groups is 1. The molecular formula is C13H20N2O2S. The Kier molecular flexibility index (Phi) is 4.74. The Morgan fingerprint density at radius 1 is 1.44 bits per heavy atom. The maximum absolute atomic E-state index is 12.1. The molecule has 5 heteroatoms. The van der Waals surface area contributed by atoms with Crippen molar-refractivity contribution in [1.29, 1.82) is 0 Å². The molecule has 0 saturated carbocycles. The van der Waals surface area contributed by atoms with Gasteiger partial charge in [0.15, 0.2) is 0 Å². The maximum Gasteiger partial charge on any atom is 0.264 e. The largest absolute Gasteiger partial charge is 0.395 e. The number of hydrogen-bond acceptors (Lipinski definition) is 4. The van der Waals surface area contributed by atoms with Crippen molar-refractivity contribution in [2.24, 2.45) is 0 Å². The SMILES string of the molecule is CCC(CO)N1CCN(C(=O)c2cccs2)CC1. The molecule has 0 spiro atoms. The molecule has 2 rings (SSSR count). The number of carbonyl (C=O) groups excluding carboxylic acids is 1. The van der Waals surface area contributed by atoms with Gasteiger partial charge in [-0.2, -0.15) is 0 Å². The van der Waals surface area contributed by atoms with Crippen molar-refractivity contribution >= 4 is 17.2 Å². The molecule has 1 fully saturated rings. The molecule has 2 heterocycles. The third-order valence-corrected chi connectivity index (χ3v) is 4.39. The normalized spacial score (nSPS) is 18.9. The summed E-state index contributed by atoms with van der Waals surface area (Å²) in [5.74, 6) is 0.140. The highest BCUT2D eigenvalue weighted by molar-refractivity contribution is 7.12. The third kappa shape index (κ3) is 2.91. The van der Waals surface area contributed by atoms with E-state index in [1.807, 2.05) is 22.4 Å². The molecular weight excluding hydrogens is 248 g/mol. The Morgan fingerprint density at radius 3 is 2.67 bits per heavy atom. The number of aliphatic hydroxyl groups excluding tert-OH is 1. The minimum Gasteiger partial charge on any atom is -0.395 e. The molecule has 4 nitrogen and oxygen atoms in total. The Hall–Kier alpha value is -0.910. The van der Waals surface area contributed by atoms with E-state index in [0.717, 1.165) is 37.5 Å². The summed E-state index contributed by atoms with van der Waals surface area (Å²) < 4.78 is 0. The summed E-state index contributed by atoms with van der Waals surface area (Å²) in [5, 5.41) is 11.2. The number of hydrogen-bond donors (Lipinski definition) is 1. The minimum absolute atomic E-state index is 0.140. The molecule has 1 aromatic heterocycles. The van der Waals surface area contributed by atoms with E-state index in [1.54, 1.807) is 0 Å². The lowest BCUT2D eigenvalue weighted by molar-refractivity contribution is 0.0476. The lowest BCUT2D eigenvalue weighted by Crippen LogP contribution is -2.52. The molecule has 0 radical (unpaired) electrons. The van der Waals surface area contributed by atoms with Crippen molar-refractivity contribution in [2.75, 3.05) is 32.8 Å². The van der Waals surface area contributed by atoms with Crippen LogP contribution < -0.4 is 0 Å². The number of nitrogens with zero attached hydrogens (tertiary/aromatic N) is 2. The second kappa shape index (κ2) is 6.31. The van der Waals surface area contributed by atoms with Crippen LogP contribution in [0, 0.1) is 0 Å². The number of piperazine rings is 1. The molecule has 1 amide bonds. The molecule has 1 aromatic rings. The van der Waals surface area contributed by atoms with Gasteiger partial charge in [-0.25, -0.2) is 0 Å². The topological polar surface area (TPSA) is 43.8 Å². The van der Waals surface area contributed by atoms with E-state index in [9.17, 15) is 9.90 Å². The van der Waals surface area contributed by atoms with E-state index in [1.165, 1.54) is 11.3 Å². The molecule has 1 saturated heterocycles. The number of aliphatic hydroxyl groups is 1. The number of thiophene rings is 1. The second-order valence-corrected chi connectivity index (χ2v) is 5.50. The highest BCUT2D eigenvalue weighted by Gasteiger charge is 2.25. The van der Waals surface area contributed by atoms with Crippen LogP contribution in [0.5, 0.6) is 0 Å². The minimum atomic E-state index is 0.140. The van der Waals surface area contributed by atoms with Gasteiger partial charge < -0.3 is 10.0 Å². The van der Waals surface area contributed by atoms with E-state index in [-0.39, 0.29) is 18.6 Å². The maximum atomic E-state index is 12.1. The van der Waals surface area contributed by atoms with Crippen LogP contribution in [-0.4, -0.2) is 59.6 Å². The van der Waals surface area contributed by atoms with E-state index in [2.05, 4.69) is 11.8 Å². The van der Waals surface area contributed by atoms with Crippen LogP contribution in [0.15, 0.2) is 17.5 Å². The zero-order valence-corrected chi connectivity index (χ0v) is 11.5.